The number of hydrogen-bond acceptors (Lipinski definition) is 2. The minimum Gasteiger partial charge on any atom is -0.403 e. The first-order valence-corrected chi connectivity index (χ1v) is 9.77. The van der Waals surface area contributed by atoms with Crippen molar-refractivity contribution in [1.82, 2.24) is 0 Å². The summed E-state index contributed by atoms with van der Waals surface area (Å²) in [6.45, 7) is 12.3. The zero-order chi connectivity index (χ0) is 14.8. The molecule has 4 heteroatoms. The molecule has 0 aromatic heterocycles. The fraction of sp³-hybridized carbons (Fsp3) is 0.533. The number of ketones is 1. The van der Waals surface area contributed by atoms with Crippen molar-refractivity contribution in [3.8, 4) is 0 Å². The lowest BCUT2D eigenvalue weighted by atomic mass is 10.1. The van der Waals surface area contributed by atoms with Crippen molar-refractivity contribution in [2.45, 2.75) is 51.9 Å². The van der Waals surface area contributed by atoms with Gasteiger partial charge in [0.15, 0.2) is 14.1 Å². The van der Waals surface area contributed by atoms with Gasteiger partial charge in [0.1, 0.15) is 6.10 Å². The fourth-order valence-corrected chi connectivity index (χ4v) is 2.97. The van der Waals surface area contributed by atoms with Crippen molar-refractivity contribution >= 4 is 25.7 Å². The van der Waals surface area contributed by atoms with Gasteiger partial charge in [0.2, 0.25) is 0 Å². The Morgan fingerprint density at radius 1 is 1.32 bits per heavy atom. The van der Waals surface area contributed by atoms with Gasteiger partial charge in [-0.25, -0.2) is 0 Å². The minimum atomic E-state index is -1.99. The van der Waals surface area contributed by atoms with E-state index in [0.717, 1.165) is 5.56 Å². The summed E-state index contributed by atoms with van der Waals surface area (Å²) in [5, 5.41) is 0.696. The number of rotatable bonds is 4. The van der Waals surface area contributed by atoms with Crippen molar-refractivity contribution in [1.29, 1.82) is 0 Å². The first kappa shape index (κ1) is 16.4. The molecule has 1 unspecified atom stereocenters. The van der Waals surface area contributed by atoms with Crippen LogP contribution in [-0.4, -0.2) is 14.1 Å². The quantitative estimate of drug-likeness (QED) is 0.732. The molecule has 0 saturated carbocycles. The first-order chi connectivity index (χ1) is 8.54. The Balaban J connectivity index is 3.08. The molecule has 0 spiro atoms. The largest absolute Gasteiger partial charge is 0.403 e. The standard InChI is InChI=1S/C15H23ClO2Si/c1-11(17)14(12-8-7-9-13(16)10-12)18-19(5,6)15(2,3)4/h7-10,14H,1-6H3. The highest BCUT2D eigenvalue weighted by Gasteiger charge is 2.40. The molecule has 1 aromatic rings. The molecule has 0 saturated heterocycles. The number of hydrogen-bond donors (Lipinski definition) is 0. The molecule has 1 atom stereocenters. The van der Waals surface area contributed by atoms with E-state index in [9.17, 15) is 4.79 Å². The molecule has 1 rings (SSSR count). The van der Waals surface area contributed by atoms with Gasteiger partial charge in [0.25, 0.3) is 0 Å². The number of benzene rings is 1. The van der Waals surface area contributed by atoms with E-state index in [-0.39, 0.29) is 10.8 Å². The van der Waals surface area contributed by atoms with Crippen LogP contribution in [0, 0.1) is 0 Å². The summed E-state index contributed by atoms with van der Waals surface area (Å²) in [5.41, 5.74) is 0.838. The van der Waals surface area contributed by atoms with E-state index in [4.69, 9.17) is 16.0 Å². The molecule has 0 radical (unpaired) electrons. The summed E-state index contributed by atoms with van der Waals surface area (Å²) in [6, 6.07) is 7.35. The predicted octanol–water partition coefficient (Wildman–Crippen LogP) is 4.99. The highest BCUT2D eigenvalue weighted by atomic mass is 35.5. The molecule has 0 aliphatic heterocycles. The molecule has 0 fully saturated rings. The third kappa shape index (κ3) is 4.16. The summed E-state index contributed by atoms with van der Waals surface area (Å²) in [4.78, 5) is 11.9. The van der Waals surface area contributed by atoms with E-state index >= 15 is 0 Å². The van der Waals surface area contributed by atoms with Crippen molar-refractivity contribution in [3.63, 3.8) is 0 Å². The second kappa shape index (κ2) is 5.78. The predicted molar refractivity (Wildman–Crippen MR) is 83.2 cm³/mol. The zero-order valence-electron chi connectivity index (χ0n) is 12.6. The normalized spacial score (nSPS) is 14.3. The molecule has 0 amide bonds. The summed E-state index contributed by atoms with van der Waals surface area (Å²) >= 11 is 6.00. The molecule has 0 aliphatic rings. The maximum atomic E-state index is 11.9. The van der Waals surface area contributed by atoms with Crippen molar-refractivity contribution in [2.75, 3.05) is 0 Å². The van der Waals surface area contributed by atoms with Crippen LogP contribution in [0.2, 0.25) is 23.2 Å². The topological polar surface area (TPSA) is 26.3 Å². The third-order valence-electron chi connectivity index (χ3n) is 3.74. The second-order valence-electron chi connectivity index (χ2n) is 6.42. The van der Waals surface area contributed by atoms with Crippen molar-refractivity contribution < 1.29 is 9.22 Å². The molecule has 0 heterocycles. The smallest absolute Gasteiger partial charge is 0.193 e. The van der Waals surface area contributed by atoms with Gasteiger partial charge in [-0.2, -0.15) is 0 Å². The Morgan fingerprint density at radius 3 is 2.32 bits per heavy atom. The van der Waals surface area contributed by atoms with E-state index in [1.54, 1.807) is 19.1 Å². The van der Waals surface area contributed by atoms with Gasteiger partial charge < -0.3 is 4.43 Å². The van der Waals surface area contributed by atoms with Crippen LogP contribution >= 0.6 is 11.6 Å². The van der Waals surface area contributed by atoms with Crippen molar-refractivity contribution in [3.05, 3.63) is 34.9 Å². The number of halogens is 1. The summed E-state index contributed by atoms with van der Waals surface area (Å²) in [7, 11) is -1.99. The highest BCUT2D eigenvalue weighted by Crippen LogP contribution is 2.40. The zero-order valence-corrected chi connectivity index (χ0v) is 14.3. The molecule has 106 valence electrons. The molecule has 0 aliphatic carbocycles. The molecular formula is C15H23ClO2Si. The highest BCUT2D eigenvalue weighted by molar-refractivity contribution is 6.74. The van der Waals surface area contributed by atoms with Gasteiger partial charge in [0.05, 0.1) is 0 Å². The average Bonchev–Trinajstić information content (AvgIpc) is 2.24. The summed E-state index contributed by atoms with van der Waals surface area (Å²) in [6.07, 6.45) is -0.514. The lowest BCUT2D eigenvalue weighted by Crippen LogP contribution is -2.43. The van der Waals surface area contributed by atoms with E-state index < -0.39 is 14.4 Å². The average molecular weight is 299 g/mol. The lowest BCUT2D eigenvalue weighted by molar-refractivity contribution is -0.124. The minimum absolute atomic E-state index is 0.0205. The summed E-state index contributed by atoms with van der Waals surface area (Å²) < 4.78 is 6.24. The maximum absolute atomic E-state index is 11.9. The van der Waals surface area contributed by atoms with Gasteiger partial charge in [0, 0.05) is 5.02 Å². The Labute approximate surface area is 122 Å². The molecular weight excluding hydrogens is 276 g/mol. The van der Waals surface area contributed by atoms with Crippen LogP contribution in [0.25, 0.3) is 0 Å². The SMILES string of the molecule is CC(=O)C(O[Si](C)(C)C(C)(C)C)c1cccc(Cl)c1. The van der Waals surface area contributed by atoms with E-state index in [2.05, 4.69) is 33.9 Å². The van der Waals surface area contributed by atoms with Crippen LogP contribution in [0.5, 0.6) is 0 Å². The Morgan fingerprint density at radius 2 is 1.89 bits per heavy atom. The van der Waals surface area contributed by atoms with Crippen LogP contribution in [0.3, 0.4) is 0 Å². The molecule has 0 bridgehead atoms. The fourth-order valence-electron chi connectivity index (χ4n) is 1.53. The first-order valence-electron chi connectivity index (χ1n) is 6.48. The monoisotopic (exact) mass is 298 g/mol. The second-order valence-corrected chi connectivity index (χ2v) is 11.6. The molecule has 19 heavy (non-hydrogen) atoms. The van der Waals surface area contributed by atoms with Crippen LogP contribution in [0.1, 0.15) is 39.4 Å². The van der Waals surface area contributed by atoms with Crippen LogP contribution in [0.4, 0.5) is 0 Å². The Hall–Kier alpha value is -0.643. The van der Waals surface area contributed by atoms with Gasteiger partial charge in [-0.05, 0) is 42.8 Å². The molecule has 0 N–H and O–H groups in total. The molecule has 2 nitrogen and oxygen atoms in total. The number of Topliss-reactive ketones (excluding diaryl/α,β-unsaturated/α-hetero) is 1. The van der Waals surface area contributed by atoms with E-state index in [1.807, 2.05) is 12.1 Å². The van der Waals surface area contributed by atoms with Gasteiger partial charge in [-0.1, -0.05) is 44.5 Å². The maximum Gasteiger partial charge on any atom is 0.193 e. The van der Waals surface area contributed by atoms with E-state index in [1.165, 1.54) is 0 Å². The van der Waals surface area contributed by atoms with Crippen LogP contribution in [-0.2, 0) is 9.22 Å². The van der Waals surface area contributed by atoms with E-state index in [0.29, 0.717) is 5.02 Å². The van der Waals surface area contributed by atoms with Gasteiger partial charge >= 0.3 is 0 Å². The van der Waals surface area contributed by atoms with Crippen LogP contribution in [0.15, 0.2) is 24.3 Å². The number of carbonyl (C=O) groups excluding carboxylic acids is 1. The third-order valence-corrected chi connectivity index (χ3v) is 8.41. The Kier molecular flexibility index (Phi) is 4.99. The lowest BCUT2D eigenvalue weighted by Gasteiger charge is -2.38. The number of carbonyl (C=O) groups is 1. The van der Waals surface area contributed by atoms with Crippen molar-refractivity contribution in [2.24, 2.45) is 0 Å². The van der Waals surface area contributed by atoms with Gasteiger partial charge in [-0.15, -0.1) is 0 Å². The van der Waals surface area contributed by atoms with Gasteiger partial charge in [-0.3, -0.25) is 4.79 Å². The summed E-state index contributed by atoms with van der Waals surface area (Å²) in [5.74, 6) is 0.0205. The molecule has 1 aromatic carbocycles. The van der Waals surface area contributed by atoms with Crippen LogP contribution < -0.4 is 0 Å². The Bertz CT molecular complexity index is 463.